The minimum absolute atomic E-state index is 0.0527. The molecule has 0 saturated heterocycles. The number of urea groups is 1. The van der Waals surface area contributed by atoms with Crippen LogP contribution >= 0.6 is 11.6 Å². The molecule has 0 spiro atoms. The Morgan fingerprint density at radius 1 is 1.53 bits per heavy atom. The number of rotatable bonds is 4. The summed E-state index contributed by atoms with van der Waals surface area (Å²) >= 11 is 6.02. The van der Waals surface area contributed by atoms with E-state index in [1.165, 1.54) is 4.90 Å². The highest BCUT2D eigenvalue weighted by Gasteiger charge is 2.12. The van der Waals surface area contributed by atoms with Gasteiger partial charge in [-0.1, -0.05) is 17.7 Å². The average molecular weight is 257 g/mol. The molecule has 0 atom stereocenters. The zero-order valence-corrected chi connectivity index (χ0v) is 10.8. The highest BCUT2D eigenvalue weighted by Crippen LogP contribution is 2.22. The largest absolute Gasteiger partial charge is 0.395 e. The van der Waals surface area contributed by atoms with Gasteiger partial charge < -0.3 is 15.3 Å². The third kappa shape index (κ3) is 3.91. The number of likely N-dealkylation sites (N-methyl/N-ethyl adjacent to an activating group) is 1. The van der Waals surface area contributed by atoms with E-state index in [0.717, 1.165) is 5.56 Å². The van der Waals surface area contributed by atoms with E-state index in [1.807, 2.05) is 19.9 Å². The Hall–Kier alpha value is -1.26. The number of hydrogen-bond acceptors (Lipinski definition) is 2. The maximum atomic E-state index is 11.8. The summed E-state index contributed by atoms with van der Waals surface area (Å²) in [5.74, 6) is 0. The average Bonchev–Trinajstić information content (AvgIpc) is 2.29. The number of carbonyl (C=O) groups excluding carboxylic acids is 1. The minimum atomic E-state index is -0.257. The van der Waals surface area contributed by atoms with Crippen molar-refractivity contribution in [3.8, 4) is 0 Å². The Balaban J connectivity index is 2.73. The van der Waals surface area contributed by atoms with E-state index in [1.54, 1.807) is 12.1 Å². The molecular formula is C12H17ClN2O2. The molecule has 0 aliphatic heterocycles. The van der Waals surface area contributed by atoms with Gasteiger partial charge in [-0.25, -0.2) is 4.79 Å². The van der Waals surface area contributed by atoms with Crippen LogP contribution in [0, 0.1) is 6.92 Å². The van der Waals surface area contributed by atoms with Gasteiger partial charge in [0.25, 0.3) is 0 Å². The third-order valence-corrected chi connectivity index (χ3v) is 2.72. The Morgan fingerprint density at radius 3 is 2.76 bits per heavy atom. The second-order valence-electron chi connectivity index (χ2n) is 3.72. The topological polar surface area (TPSA) is 52.6 Å². The lowest BCUT2D eigenvalue weighted by Crippen LogP contribution is -2.36. The number of hydrogen-bond donors (Lipinski definition) is 2. The molecule has 0 radical (unpaired) electrons. The second-order valence-corrected chi connectivity index (χ2v) is 4.12. The Labute approximate surface area is 106 Å². The van der Waals surface area contributed by atoms with Crippen molar-refractivity contribution in [1.82, 2.24) is 4.90 Å². The number of carbonyl (C=O) groups is 1. The van der Waals surface area contributed by atoms with Crippen LogP contribution in [0.4, 0.5) is 10.5 Å². The van der Waals surface area contributed by atoms with Gasteiger partial charge in [-0.3, -0.25) is 0 Å². The van der Waals surface area contributed by atoms with Crippen LogP contribution in [0.25, 0.3) is 0 Å². The zero-order chi connectivity index (χ0) is 12.8. The fraction of sp³-hybridized carbons (Fsp3) is 0.417. The highest BCUT2D eigenvalue weighted by molar-refractivity contribution is 6.33. The summed E-state index contributed by atoms with van der Waals surface area (Å²) < 4.78 is 0. The molecule has 2 amide bonds. The van der Waals surface area contributed by atoms with Crippen LogP contribution in [-0.4, -0.2) is 35.7 Å². The van der Waals surface area contributed by atoms with E-state index in [4.69, 9.17) is 16.7 Å². The molecule has 1 aromatic carbocycles. The second kappa shape index (κ2) is 6.47. The number of aryl methyl sites for hydroxylation is 1. The number of halogens is 1. The number of anilines is 1. The highest BCUT2D eigenvalue weighted by atomic mass is 35.5. The molecule has 0 bridgehead atoms. The molecule has 94 valence electrons. The summed E-state index contributed by atoms with van der Waals surface area (Å²) in [6.45, 7) is 4.58. The van der Waals surface area contributed by atoms with Crippen LogP contribution in [-0.2, 0) is 0 Å². The molecule has 0 aromatic heterocycles. The maximum Gasteiger partial charge on any atom is 0.321 e. The first-order valence-corrected chi connectivity index (χ1v) is 5.89. The van der Waals surface area contributed by atoms with Gasteiger partial charge in [0.05, 0.1) is 17.3 Å². The molecule has 1 rings (SSSR count). The van der Waals surface area contributed by atoms with Crippen molar-refractivity contribution in [2.45, 2.75) is 13.8 Å². The molecule has 17 heavy (non-hydrogen) atoms. The minimum Gasteiger partial charge on any atom is -0.395 e. The normalized spacial score (nSPS) is 10.1. The van der Waals surface area contributed by atoms with E-state index in [-0.39, 0.29) is 12.6 Å². The molecule has 5 heteroatoms. The van der Waals surface area contributed by atoms with E-state index >= 15 is 0 Å². The van der Waals surface area contributed by atoms with E-state index in [9.17, 15) is 4.79 Å². The first kappa shape index (κ1) is 13.8. The molecule has 1 aromatic rings. The maximum absolute atomic E-state index is 11.8. The molecule has 0 aliphatic carbocycles. The monoisotopic (exact) mass is 256 g/mol. The molecular weight excluding hydrogens is 240 g/mol. The van der Waals surface area contributed by atoms with Gasteiger partial charge >= 0.3 is 6.03 Å². The fourth-order valence-corrected chi connectivity index (χ4v) is 1.72. The summed E-state index contributed by atoms with van der Waals surface area (Å²) in [5, 5.41) is 12.1. The number of aliphatic hydroxyl groups is 1. The molecule has 2 N–H and O–H groups in total. The van der Waals surface area contributed by atoms with Crippen LogP contribution in [0.5, 0.6) is 0 Å². The molecule has 0 unspecified atom stereocenters. The predicted octanol–water partition coefficient (Wildman–Crippen LogP) is 2.49. The lowest BCUT2D eigenvalue weighted by Gasteiger charge is -2.20. The first-order chi connectivity index (χ1) is 8.08. The Bertz CT molecular complexity index is 396. The van der Waals surface area contributed by atoms with E-state index in [2.05, 4.69) is 5.32 Å². The standard InChI is InChI=1S/C12H17ClN2O2/c1-3-15(6-7-16)12(17)14-11-5-4-9(2)8-10(11)13/h4-5,8,16H,3,6-7H2,1-2H3,(H,14,17). The number of nitrogens with zero attached hydrogens (tertiary/aromatic N) is 1. The van der Waals surface area contributed by atoms with Gasteiger partial charge in [0.15, 0.2) is 0 Å². The summed E-state index contributed by atoms with van der Waals surface area (Å²) in [4.78, 5) is 13.3. The van der Waals surface area contributed by atoms with Gasteiger partial charge in [0.2, 0.25) is 0 Å². The summed E-state index contributed by atoms with van der Waals surface area (Å²) in [5.41, 5.74) is 1.62. The Morgan fingerprint density at radius 2 is 2.24 bits per heavy atom. The van der Waals surface area contributed by atoms with Crippen LogP contribution in [0.1, 0.15) is 12.5 Å². The van der Waals surface area contributed by atoms with Crippen molar-refractivity contribution in [3.63, 3.8) is 0 Å². The van der Waals surface area contributed by atoms with Gasteiger partial charge in [0.1, 0.15) is 0 Å². The van der Waals surface area contributed by atoms with Crippen molar-refractivity contribution in [2.75, 3.05) is 25.0 Å². The quantitative estimate of drug-likeness (QED) is 0.870. The van der Waals surface area contributed by atoms with Crippen molar-refractivity contribution in [2.24, 2.45) is 0 Å². The molecule has 0 heterocycles. The predicted molar refractivity (Wildman–Crippen MR) is 69.5 cm³/mol. The summed E-state index contributed by atoms with van der Waals surface area (Å²) in [6, 6.07) is 5.18. The number of nitrogens with one attached hydrogen (secondary N) is 1. The summed E-state index contributed by atoms with van der Waals surface area (Å²) in [6.07, 6.45) is 0. The zero-order valence-electron chi connectivity index (χ0n) is 10.0. The van der Waals surface area contributed by atoms with E-state index in [0.29, 0.717) is 23.8 Å². The van der Waals surface area contributed by atoms with Crippen molar-refractivity contribution >= 4 is 23.3 Å². The van der Waals surface area contributed by atoms with Crippen molar-refractivity contribution in [3.05, 3.63) is 28.8 Å². The smallest absolute Gasteiger partial charge is 0.321 e. The van der Waals surface area contributed by atoms with Gasteiger partial charge in [-0.2, -0.15) is 0 Å². The summed E-state index contributed by atoms with van der Waals surface area (Å²) in [7, 11) is 0. The third-order valence-electron chi connectivity index (χ3n) is 2.41. The van der Waals surface area contributed by atoms with Crippen molar-refractivity contribution in [1.29, 1.82) is 0 Å². The number of amides is 2. The first-order valence-electron chi connectivity index (χ1n) is 5.51. The molecule has 0 aliphatic rings. The van der Waals surface area contributed by atoms with Crippen LogP contribution in [0.2, 0.25) is 5.02 Å². The lowest BCUT2D eigenvalue weighted by molar-refractivity contribution is 0.192. The Kier molecular flexibility index (Phi) is 5.25. The van der Waals surface area contributed by atoms with Crippen LogP contribution in [0.15, 0.2) is 18.2 Å². The van der Waals surface area contributed by atoms with Gasteiger partial charge in [-0.05, 0) is 31.5 Å². The number of benzene rings is 1. The SMILES string of the molecule is CCN(CCO)C(=O)Nc1ccc(C)cc1Cl. The van der Waals surface area contributed by atoms with Crippen molar-refractivity contribution < 1.29 is 9.90 Å². The van der Waals surface area contributed by atoms with Crippen LogP contribution < -0.4 is 5.32 Å². The van der Waals surface area contributed by atoms with Crippen LogP contribution in [0.3, 0.4) is 0 Å². The van der Waals surface area contributed by atoms with Gasteiger partial charge in [0, 0.05) is 13.1 Å². The lowest BCUT2D eigenvalue weighted by atomic mass is 10.2. The molecule has 4 nitrogen and oxygen atoms in total. The van der Waals surface area contributed by atoms with Gasteiger partial charge in [-0.15, -0.1) is 0 Å². The van der Waals surface area contributed by atoms with E-state index < -0.39 is 0 Å². The molecule has 0 saturated carbocycles. The fourth-order valence-electron chi connectivity index (χ4n) is 1.44. The molecule has 0 fully saturated rings. The number of aliphatic hydroxyl groups excluding tert-OH is 1.